The van der Waals surface area contributed by atoms with Gasteiger partial charge in [0.15, 0.2) is 0 Å². The number of hydrogen-bond acceptors (Lipinski definition) is 5. The maximum Gasteiger partial charge on any atom is 1.00 e. The Labute approximate surface area is 206 Å². The number of aliphatic hydroxyl groups is 1. The number of fused-ring (bicyclic) bond motifs is 2. The molecule has 0 spiro atoms. The van der Waals surface area contributed by atoms with Gasteiger partial charge in [0.25, 0.3) is 0 Å². The number of carboxylic acid groups (broad SMARTS) is 1. The number of benzene rings is 2. The molecule has 31 heavy (non-hydrogen) atoms. The Morgan fingerprint density at radius 2 is 1.87 bits per heavy atom. The predicted molar refractivity (Wildman–Crippen MR) is 113 cm³/mol. The van der Waals surface area contributed by atoms with E-state index < -0.39 is 11.4 Å². The topological polar surface area (TPSA) is 72.8 Å². The molecule has 2 aromatic carbocycles. The van der Waals surface area contributed by atoms with Crippen LogP contribution in [0.4, 0.5) is 0 Å². The average Bonchev–Trinajstić information content (AvgIpc) is 2.90. The molecule has 0 aliphatic carbocycles. The van der Waals surface area contributed by atoms with Gasteiger partial charge < -0.3 is 24.6 Å². The van der Waals surface area contributed by atoms with Gasteiger partial charge in [-0.25, -0.2) is 0 Å². The average molecular weight is 432 g/mol. The third-order valence-electron chi connectivity index (χ3n) is 6.64. The standard InChI is InChI=1S/C25H31NO4.Na/c1-25(2,24(28)29)16-26-11-9-18(10-12-26)23-20-6-4-3-5-19(20)15-30-22-8-7-17(14-27)13-21(22)23;/h3-8,13,18,23,27H,9-12,14-16H2,1-2H3,(H,28,29);/q;+1/p-1. The van der Waals surface area contributed by atoms with E-state index in [-0.39, 0.29) is 42.1 Å². The second-order valence-corrected chi connectivity index (χ2v) is 9.28. The minimum atomic E-state index is -0.995. The summed E-state index contributed by atoms with van der Waals surface area (Å²) in [5, 5.41) is 21.1. The van der Waals surface area contributed by atoms with Crippen LogP contribution in [0.3, 0.4) is 0 Å². The molecule has 4 rings (SSSR count). The Kier molecular flexibility index (Phi) is 7.87. The largest absolute Gasteiger partial charge is 1.00 e. The van der Waals surface area contributed by atoms with Crippen molar-refractivity contribution in [2.75, 3.05) is 19.6 Å². The number of carbonyl (C=O) groups is 1. The van der Waals surface area contributed by atoms with Gasteiger partial charge in [0.2, 0.25) is 0 Å². The van der Waals surface area contributed by atoms with Crippen LogP contribution in [0.2, 0.25) is 0 Å². The Hall–Kier alpha value is -1.37. The van der Waals surface area contributed by atoms with Crippen molar-refractivity contribution in [2.24, 2.45) is 11.3 Å². The number of aliphatic hydroxyl groups excluding tert-OH is 1. The fourth-order valence-electron chi connectivity index (χ4n) is 4.94. The SMILES string of the molecule is CC(C)(CN1CCC(C2c3ccccc3COc3ccc(CO)cc32)CC1)C(=O)[O-].[Na+]. The molecule has 0 saturated carbocycles. The third-order valence-corrected chi connectivity index (χ3v) is 6.64. The summed E-state index contributed by atoms with van der Waals surface area (Å²) < 4.78 is 6.14. The van der Waals surface area contributed by atoms with Crippen molar-refractivity contribution in [2.45, 2.75) is 45.8 Å². The van der Waals surface area contributed by atoms with E-state index in [1.54, 1.807) is 13.8 Å². The molecular weight excluding hydrogens is 401 g/mol. The summed E-state index contributed by atoms with van der Waals surface area (Å²) in [5.41, 5.74) is 3.72. The van der Waals surface area contributed by atoms with Crippen LogP contribution < -0.4 is 39.4 Å². The fraction of sp³-hybridized carbons (Fsp3) is 0.480. The molecule has 6 heteroatoms. The molecule has 0 aromatic heterocycles. The Morgan fingerprint density at radius 3 is 2.55 bits per heavy atom. The van der Waals surface area contributed by atoms with Crippen molar-refractivity contribution in [1.82, 2.24) is 4.90 Å². The van der Waals surface area contributed by atoms with Crippen LogP contribution in [0, 0.1) is 11.3 Å². The number of aliphatic carboxylic acids is 1. The molecule has 0 bridgehead atoms. The van der Waals surface area contributed by atoms with Crippen LogP contribution in [0.1, 0.15) is 54.9 Å². The maximum absolute atomic E-state index is 11.4. The molecule has 1 unspecified atom stereocenters. The zero-order chi connectivity index (χ0) is 21.3. The predicted octanol–water partition coefficient (Wildman–Crippen LogP) is -0.305. The van der Waals surface area contributed by atoms with Crippen molar-refractivity contribution in [3.8, 4) is 5.75 Å². The van der Waals surface area contributed by atoms with Crippen LogP contribution in [-0.4, -0.2) is 35.6 Å². The van der Waals surface area contributed by atoms with Gasteiger partial charge in [-0.15, -0.1) is 0 Å². The van der Waals surface area contributed by atoms with Crippen molar-refractivity contribution >= 4 is 5.97 Å². The van der Waals surface area contributed by atoms with Gasteiger partial charge >= 0.3 is 29.6 Å². The molecule has 2 aliphatic heterocycles. The van der Waals surface area contributed by atoms with Crippen molar-refractivity contribution < 1.29 is 49.3 Å². The first-order valence-electron chi connectivity index (χ1n) is 10.8. The minimum Gasteiger partial charge on any atom is -0.550 e. The van der Waals surface area contributed by atoms with E-state index >= 15 is 0 Å². The van der Waals surface area contributed by atoms with Gasteiger partial charge in [0.1, 0.15) is 12.4 Å². The second kappa shape index (κ2) is 10.1. The maximum atomic E-state index is 11.4. The molecule has 5 nitrogen and oxygen atoms in total. The molecule has 1 saturated heterocycles. The molecule has 2 aromatic rings. The van der Waals surface area contributed by atoms with E-state index in [1.165, 1.54) is 11.1 Å². The number of carbonyl (C=O) groups excluding carboxylic acids is 1. The molecule has 0 radical (unpaired) electrons. The first-order chi connectivity index (χ1) is 14.4. The van der Waals surface area contributed by atoms with Gasteiger partial charge in [-0.05, 0) is 60.7 Å². The summed E-state index contributed by atoms with van der Waals surface area (Å²) in [4.78, 5) is 13.7. The Morgan fingerprint density at radius 1 is 1.16 bits per heavy atom. The number of ether oxygens (including phenoxy) is 1. The van der Waals surface area contributed by atoms with Crippen LogP contribution in [0.25, 0.3) is 0 Å². The summed E-state index contributed by atoms with van der Waals surface area (Å²) in [6.45, 7) is 6.29. The molecule has 1 N–H and O–H groups in total. The van der Waals surface area contributed by atoms with E-state index in [9.17, 15) is 15.0 Å². The number of likely N-dealkylation sites (tertiary alicyclic amines) is 1. The van der Waals surface area contributed by atoms with Gasteiger partial charge in [0, 0.05) is 29.4 Å². The number of piperidine rings is 1. The van der Waals surface area contributed by atoms with Crippen LogP contribution in [0.15, 0.2) is 42.5 Å². The monoisotopic (exact) mass is 431 g/mol. The third kappa shape index (κ3) is 5.18. The van der Waals surface area contributed by atoms with Gasteiger partial charge in [0.05, 0.1) is 6.61 Å². The quantitative estimate of drug-likeness (QED) is 0.658. The van der Waals surface area contributed by atoms with Crippen molar-refractivity contribution in [3.63, 3.8) is 0 Å². The normalized spacial score (nSPS) is 19.4. The van der Waals surface area contributed by atoms with E-state index in [2.05, 4.69) is 35.2 Å². The fourth-order valence-corrected chi connectivity index (χ4v) is 4.94. The summed E-state index contributed by atoms with van der Waals surface area (Å²) in [5.74, 6) is 0.545. The second-order valence-electron chi connectivity index (χ2n) is 9.28. The Balaban J connectivity index is 0.00000272. The molecule has 2 aliphatic rings. The first kappa shape index (κ1) is 24.3. The molecule has 160 valence electrons. The molecule has 1 fully saturated rings. The summed E-state index contributed by atoms with van der Waals surface area (Å²) >= 11 is 0. The zero-order valence-electron chi connectivity index (χ0n) is 18.8. The van der Waals surface area contributed by atoms with E-state index in [1.807, 2.05) is 12.1 Å². The minimum absolute atomic E-state index is 0. The number of rotatable bonds is 5. The summed E-state index contributed by atoms with van der Waals surface area (Å²) in [7, 11) is 0. The first-order valence-corrected chi connectivity index (χ1v) is 10.8. The molecular formula is C25H30NNaO4. The van der Waals surface area contributed by atoms with Gasteiger partial charge in [-0.1, -0.05) is 44.2 Å². The van der Waals surface area contributed by atoms with Crippen LogP contribution >= 0.6 is 0 Å². The Bertz CT molecular complexity index is 921. The van der Waals surface area contributed by atoms with Crippen molar-refractivity contribution in [1.29, 1.82) is 0 Å². The molecule has 1 atom stereocenters. The van der Waals surface area contributed by atoms with E-state index in [4.69, 9.17) is 4.74 Å². The summed E-state index contributed by atoms with van der Waals surface area (Å²) in [6.07, 6.45) is 1.98. The number of carboxylic acids is 1. The van der Waals surface area contributed by atoms with E-state index in [0.717, 1.165) is 42.8 Å². The zero-order valence-corrected chi connectivity index (χ0v) is 20.8. The number of nitrogens with zero attached hydrogens (tertiary/aromatic N) is 1. The van der Waals surface area contributed by atoms with Crippen LogP contribution in [0.5, 0.6) is 5.75 Å². The van der Waals surface area contributed by atoms with Gasteiger partial charge in [-0.3, -0.25) is 0 Å². The molecule has 0 amide bonds. The smallest absolute Gasteiger partial charge is 0.550 e. The van der Waals surface area contributed by atoms with Crippen molar-refractivity contribution in [3.05, 3.63) is 64.7 Å². The van der Waals surface area contributed by atoms with Gasteiger partial charge in [-0.2, -0.15) is 0 Å². The molecule has 2 heterocycles. The van der Waals surface area contributed by atoms with Crippen LogP contribution in [-0.2, 0) is 18.0 Å². The summed E-state index contributed by atoms with van der Waals surface area (Å²) in [6, 6.07) is 14.5. The van der Waals surface area contributed by atoms with E-state index in [0.29, 0.717) is 19.1 Å². The number of hydrogen-bond donors (Lipinski definition) is 1.